The Hall–Kier alpha value is -1.86. The molecule has 0 aliphatic heterocycles. The molecule has 2 unspecified atom stereocenters. The highest BCUT2D eigenvalue weighted by molar-refractivity contribution is 5.90. The molecule has 88 valence electrons. The van der Waals surface area contributed by atoms with Crippen molar-refractivity contribution in [2.45, 2.75) is 11.3 Å². The van der Waals surface area contributed by atoms with Crippen molar-refractivity contribution in [2.24, 2.45) is 0 Å². The first kappa shape index (κ1) is 12.2. The van der Waals surface area contributed by atoms with Crippen LogP contribution in [0.15, 0.2) is 23.8 Å². The fourth-order valence-corrected chi connectivity index (χ4v) is 1.03. The van der Waals surface area contributed by atoms with Gasteiger partial charge in [0, 0.05) is 0 Å². The van der Waals surface area contributed by atoms with Crippen molar-refractivity contribution in [3.8, 4) is 0 Å². The van der Waals surface area contributed by atoms with Crippen LogP contribution in [0.5, 0.6) is 0 Å². The molecule has 0 bridgehead atoms. The molecule has 4 nitrogen and oxygen atoms in total. The van der Waals surface area contributed by atoms with Crippen LogP contribution < -0.4 is 0 Å². The first-order valence-electron chi connectivity index (χ1n) is 3.77. The van der Waals surface area contributed by atoms with Crippen LogP contribution in [0.1, 0.15) is 0 Å². The number of hydrogen-bond donors (Lipinski definition) is 2. The van der Waals surface area contributed by atoms with E-state index in [1.165, 1.54) is 0 Å². The Morgan fingerprint density at radius 2 is 1.19 bits per heavy atom. The maximum atomic E-state index is 13.2. The van der Waals surface area contributed by atoms with Gasteiger partial charge in [0.15, 0.2) is 11.7 Å². The molecule has 0 aromatic heterocycles. The van der Waals surface area contributed by atoms with Crippen LogP contribution >= 0.6 is 0 Å². The van der Waals surface area contributed by atoms with Crippen LogP contribution in [0, 0.1) is 0 Å². The summed E-state index contributed by atoms with van der Waals surface area (Å²) in [6.07, 6.45) is -0.385. The topological polar surface area (TPSA) is 74.6 Å². The van der Waals surface area contributed by atoms with E-state index in [4.69, 9.17) is 10.2 Å². The number of halogens is 4. The minimum atomic E-state index is -3.88. The number of alkyl halides is 2. The van der Waals surface area contributed by atoms with Crippen molar-refractivity contribution in [3.63, 3.8) is 0 Å². The molecule has 2 N–H and O–H groups in total. The zero-order valence-corrected chi connectivity index (χ0v) is 7.38. The Labute approximate surface area is 85.5 Å². The number of carboxylic acids is 2. The quantitative estimate of drug-likeness (QED) is 0.563. The summed E-state index contributed by atoms with van der Waals surface area (Å²) >= 11 is 0. The van der Waals surface area contributed by atoms with Gasteiger partial charge in [-0.2, -0.15) is 0 Å². The molecule has 1 rings (SSSR count). The van der Waals surface area contributed by atoms with E-state index in [1.807, 2.05) is 0 Å². The van der Waals surface area contributed by atoms with Gasteiger partial charge in [-0.25, -0.2) is 27.2 Å². The van der Waals surface area contributed by atoms with Crippen LogP contribution in [0.4, 0.5) is 17.6 Å². The zero-order valence-electron chi connectivity index (χ0n) is 7.38. The predicted molar refractivity (Wildman–Crippen MR) is 41.3 cm³/mol. The molecule has 0 saturated heterocycles. The van der Waals surface area contributed by atoms with Gasteiger partial charge in [-0.15, -0.1) is 0 Å². The average Bonchev–Trinajstić information content (AvgIpc) is 2.20. The van der Waals surface area contributed by atoms with E-state index in [0.29, 0.717) is 0 Å². The van der Waals surface area contributed by atoms with Gasteiger partial charge < -0.3 is 10.2 Å². The van der Waals surface area contributed by atoms with Gasteiger partial charge in [0.1, 0.15) is 0 Å². The molecule has 0 heterocycles. The van der Waals surface area contributed by atoms with E-state index in [9.17, 15) is 27.2 Å². The molecule has 0 aromatic carbocycles. The highest BCUT2D eigenvalue weighted by atomic mass is 19.2. The second-order valence-electron chi connectivity index (χ2n) is 3.00. The highest BCUT2D eigenvalue weighted by Crippen LogP contribution is 2.41. The van der Waals surface area contributed by atoms with E-state index in [2.05, 4.69) is 0 Å². The third kappa shape index (κ3) is 1.37. The van der Waals surface area contributed by atoms with Gasteiger partial charge in [0.2, 0.25) is 0 Å². The lowest BCUT2D eigenvalue weighted by atomic mass is 9.89. The van der Waals surface area contributed by atoms with Crippen molar-refractivity contribution >= 4 is 11.9 Å². The van der Waals surface area contributed by atoms with Crippen LogP contribution in [0.3, 0.4) is 0 Å². The third-order valence-electron chi connectivity index (χ3n) is 2.00. The molecular weight excluding hydrogens is 236 g/mol. The van der Waals surface area contributed by atoms with E-state index < -0.39 is 34.9 Å². The minimum absolute atomic E-state index is 0.193. The summed E-state index contributed by atoms with van der Waals surface area (Å²) in [6, 6.07) is 0. The van der Waals surface area contributed by atoms with Gasteiger partial charge >= 0.3 is 11.9 Å². The summed E-state index contributed by atoms with van der Waals surface area (Å²) < 4.78 is 52.3. The van der Waals surface area contributed by atoms with E-state index in [0.717, 1.165) is 0 Å². The molecule has 1 aliphatic rings. The van der Waals surface area contributed by atoms with E-state index in [1.54, 1.807) is 0 Å². The Morgan fingerprint density at radius 1 is 0.938 bits per heavy atom. The van der Waals surface area contributed by atoms with Crippen molar-refractivity contribution in [3.05, 3.63) is 23.8 Å². The zero-order chi connectivity index (χ0) is 12.7. The Balaban J connectivity index is 3.39. The first-order valence-corrected chi connectivity index (χ1v) is 3.77. The van der Waals surface area contributed by atoms with Gasteiger partial charge in [0.25, 0.3) is 11.3 Å². The van der Waals surface area contributed by atoms with Crippen LogP contribution in [0.2, 0.25) is 0 Å². The molecule has 16 heavy (non-hydrogen) atoms. The van der Waals surface area contributed by atoms with Crippen LogP contribution in [-0.2, 0) is 9.59 Å². The Morgan fingerprint density at radius 3 is 1.38 bits per heavy atom. The lowest BCUT2D eigenvalue weighted by molar-refractivity contribution is -0.150. The number of aliphatic carboxylic acids is 2. The van der Waals surface area contributed by atoms with Gasteiger partial charge in [0.05, 0.1) is 0 Å². The van der Waals surface area contributed by atoms with Crippen molar-refractivity contribution in [1.82, 2.24) is 0 Å². The summed E-state index contributed by atoms with van der Waals surface area (Å²) in [4.78, 5) is 20.6. The summed E-state index contributed by atoms with van der Waals surface area (Å²) in [7, 11) is 0. The van der Waals surface area contributed by atoms with Crippen molar-refractivity contribution in [2.75, 3.05) is 0 Å². The smallest absolute Gasteiger partial charge is 0.352 e. The van der Waals surface area contributed by atoms with Gasteiger partial charge in [-0.1, -0.05) is 0 Å². The molecule has 0 spiro atoms. The number of hydrogen-bond acceptors (Lipinski definition) is 2. The number of carbonyl (C=O) groups is 2. The summed E-state index contributed by atoms with van der Waals surface area (Å²) in [5, 5.41) is 16.5. The van der Waals surface area contributed by atoms with Crippen molar-refractivity contribution in [1.29, 1.82) is 0 Å². The number of rotatable bonds is 2. The van der Waals surface area contributed by atoms with E-state index >= 15 is 0 Å². The second kappa shape index (κ2) is 3.32. The number of carboxylic acid groups (broad SMARTS) is 2. The van der Waals surface area contributed by atoms with Crippen LogP contribution in [-0.4, -0.2) is 33.5 Å². The Bertz CT molecular complexity index is 392. The van der Waals surface area contributed by atoms with Crippen molar-refractivity contribution < 1.29 is 37.4 Å². The van der Waals surface area contributed by atoms with E-state index in [-0.39, 0.29) is 12.2 Å². The molecule has 0 amide bonds. The van der Waals surface area contributed by atoms with Gasteiger partial charge in [-0.3, -0.25) is 0 Å². The maximum Gasteiger partial charge on any atom is 0.352 e. The lowest BCUT2D eigenvalue weighted by Gasteiger charge is -2.24. The summed E-state index contributed by atoms with van der Waals surface area (Å²) in [5.41, 5.74) is -7.76. The summed E-state index contributed by atoms with van der Waals surface area (Å²) in [5.74, 6) is -10.1. The monoisotopic (exact) mass is 240 g/mol. The first-order chi connectivity index (χ1) is 7.16. The molecule has 0 saturated carbocycles. The fourth-order valence-electron chi connectivity index (χ4n) is 1.03. The predicted octanol–water partition coefficient (Wildman–Crippen LogP) is 1.29. The molecule has 0 fully saturated rings. The second-order valence-corrected chi connectivity index (χ2v) is 3.00. The Kier molecular flexibility index (Phi) is 2.54. The molecule has 2 atom stereocenters. The van der Waals surface area contributed by atoms with Crippen LogP contribution in [0.25, 0.3) is 0 Å². The maximum absolute atomic E-state index is 13.2. The molecule has 1 aliphatic carbocycles. The largest absolute Gasteiger partial charge is 0.478 e. The normalized spacial score (nSPS) is 34.0. The standard InChI is InChI=1S/C8H4F4O4/c9-3-4(10)8(12,6(15)16)2-1-7(3,11)5(13)14/h1-2H,(H,13,14)(H,15,16). The SMILES string of the molecule is O=C(O)C1(F)C=CC(F)(C(=O)O)C(F)=C1F. The fraction of sp³-hybridized carbons (Fsp3) is 0.250. The average molecular weight is 240 g/mol. The molecular formula is C8H4F4O4. The lowest BCUT2D eigenvalue weighted by Crippen LogP contribution is -2.43. The minimum Gasteiger partial charge on any atom is -0.478 e. The molecule has 0 radical (unpaired) electrons. The molecule has 0 aromatic rings. The molecule has 8 heteroatoms. The van der Waals surface area contributed by atoms with Gasteiger partial charge in [-0.05, 0) is 12.2 Å². The highest BCUT2D eigenvalue weighted by Gasteiger charge is 2.55. The third-order valence-corrected chi connectivity index (χ3v) is 2.00. The summed E-state index contributed by atoms with van der Waals surface area (Å²) in [6.45, 7) is 0.